The van der Waals surface area contributed by atoms with Gasteiger partial charge in [0.25, 0.3) is 0 Å². The standard InChI is InChI=1S/C6H11IO/c1-6(5-7)3-2-4-8/h5,8H,2-4H2,1H3/b6-5-. The van der Waals surface area contributed by atoms with Crippen LogP contribution in [0.15, 0.2) is 9.66 Å². The van der Waals surface area contributed by atoms with Gasteiger partial charge in [-0.1, -0.05) is 28.2 Å². The lowest BCUT2D eigenvalue weighted by Gasteiger charge is -1.93. The van der Waals surface area contributed by atoms with E-state index < -0.39 is 0 Å². The lowest BCUT2D eigenvalue weighted by molar-refractivity contribution is 0.288. The highest BCUT2D eigenvalue weighted by molar-refractivity contribution is 14.1. The van der Waals surface area contributed by atoms with E-state index >= 15 is 0 Å². The molecule has 0 amide bonds. The van der Waals surface area contributed by atoms with Crippen molar-refractivity contribution in [1.29, 1.82) is 0 Å². The van der Waals surface area contributed by atoms with E-state index in [1.807, 2.05) is 4.08 Å². The molecule has 0 spiro atoms. The summed E-state index contributed by atoms with van der Waals surface area (Å²) in [5, 5.41) is 8.38. The van der Waals surface area contributed by atoms with E-state index in [2.05, 4.69) is 29.5 Å². The Balaban J connectivity index is 3.12. The summed E-state index contributed by atoms with van der Waals surface area (Å²) in [4.78, 5) is 0. The Hall–Kier alpha value is 0.430. The van der Waals surface area contributed by atoms with E-state index in [0.717, 1.165) is 12.8 Å². The highest BCUT2D eigenvalue weighted by Crippen LogP contribution is 2.04. The first-order valence-electron chi connectivity index (χ1n) is 2.68. The molecular weight excluding hydrogens is 215 g/mol. The van der Waals surface area contributed by atoms with Crippen molar-refractivity contribution >= 4 is 22.6 Å². The molecule has 0 heterocycles. The Bertz CT molecular complexity index is 78.6. The van der Waals surface area contributed by atoms with Gasteiger partial charge in [-0.2, -0.15) is 0 Å². The maximum Gasteiger partial charge on any atom is 0.0434 e. The van der Waals surface area contributed by atoms with Crippen molar-refractivity contribution < 1.29 is 5.11 Å². The van der Waals surface area contributed by atoms with Crippen LogP contribution in [0.2, 0.25) is 0 Å². The number of hydrogen-bond donors (Lipinski definition) is 1. The van der Waals surface area contributed by atoms with Crippen molar-refractivity contribution in [2.24, 2.45) is 0 Å². The van der Waals surface area contributed by atoms with E-state index in [9.17, 15) is 0 Å². The summed E-state index contributed by atoms with van der Waals surface area (Å²) in [6, 6.07) is 0. The smallest absolute Gasteiger partial charge is 0.0434 e. The van der Waals surface area contributed by atoms with E-state index in [1.54, 1.807) is 0 Å². The molecule has 0 rings (SSSR count). The van der Waals surface area contributed by atoms with Gasteiger partial charge in [-0.15, -0.1) is 0 Å². The van der Waals surface area contributed by atoms with Gasteiger partial charge in [-0.05, 0) is 23.8 Å². The molecule has 1 N–H and O–H groups in total. The molecule has 0 aromatic carbocycles. The van der Waals surface area contributed by atoms with Gasteiger partial charge < -0.3 is 5.11 Å². The molecule has 48 valence electrons. The molecular formula is C6H11IO. The maximum atomic E-state index is 8.38. The molecule has 0 aromatic rings. The minimum Gasteiger partial charge on any atom is -0.396 e. The highest BCUT2D eigenvalue weighted by atomic mass is 127. The van der Waals surface area contributed by atoms with E-state index in [0.29, 0.717) is 6.61 Å². The van der Waals surface area contributed by atoms with Crippen molar-refractivity contribution in [2.75, 3.05) is 6.61 Å². The van der Waals surface area contributed by atoms with Crippen molar-refractivity contribution in [1.82, 2.24) is 0 Å². The second-order valence-corrected chi connectivity index (χ2v) is 2.41. The van der Waals surface area contributed by atoms with Crippen LogP contribution in [0.25, 0.3) is 0 Å². The minimum absolute atomic E-state index is 0.307. The molecule has 2 heteroatoms. The summed E-state index contributed by atoms with van der Waals surface area (Å²) in [6.45, 7) is 2.38. The topological polar surface area (TPSA) is 20.2 Å². The molecule has 0 fully saturated rings. The molecule has 0 aliphatic rings. The van der Waals surface area contributed by atoms with Crippen molar-refractivity contribution in [3.8, 4) is 0 Å². The van der Waals surface area contributed by atoms with Crippen LogP contribution in [-0.4, -0.2) is 11.7 Å². The van der Waals surface area contributed by atoms with Gasteiger partial charge in [-0.3, -0.25) is 0 Å². The number of aliphatic hydroxyl groups excluding tert-OH is 1. The van der Waals surface area contributed by atoms with E-state index in [-0.39, 0.29) is 0 Å². The summed E-state index contributed by atoms with van der Waals surface area (Å²) in [7, 11) is 0. The van der Waals surface area contributed by atoms with E-state index in [1.165, 1.54) is 5.57 Å². The number of aliphatic hydroxyl groups is 1. The number of halogens is 1. The van der Waals surface area contributed by atoms with Crippen LogP contribution in [0.3, 0.4) is 0 Å². The minimum atomic E-state index is 0.307. The predicted molar refractivity (Wildman–Crippen MR) is 44.1 cm³/mol. The van der Waals surface area contributed by atoms with Crippen LogP contribution < -0.4 is 0 Å². The van der Waals surface area contributed by atoms with Crippen LogP contribution in [0.4, 0.5) is 0 Å². The van der Waals surface area contributed by atoms with Crippen LogP contribution in [0, 0.1) is 0 Å². The van der Waals surface area contributed by atoms with Gasteiger partial charge in [0.1, 0.15) is 0 Å². The Morgan fingerprint density at radius 2 is 2.38 bits per heavy atom. The number of hydrogen-bond acceptors (Lipinski definition) is 1. The van der Waals surface area contributed by atoms with Gasteiger partial charge in [0, 0.05) is 6.61 Å². The first-order valence-corrected chi connectivity index (χ1v) is 3.92. The fourth-order valence-corrected chi connectivity index (χ4v) is 0.724. The SMILES string of the molecule is C/C(=C/I)CCCO. The predicted octanol–water partition coefficient (Wildman–Crippen LogP) is 2.10. The maximum absolute atomic E-state index is 8.38. The largest absolute Gasteiger partial charge is 0.396 e. The number of allylic oxidation sites excluding steroid dienone is 1. The van der Waals surface area contributed by atoms with Gasteiger partial charge in [-0.25, -0.2) is 0 Å². The van der Waals surface area contributed by atoms with E-state index in [4.69, 9.17) is 5.11 Å². The van der Waals surface area contributed by atoms with Crippen LogP contribution >= 0.6 is 22.6 Å². The fourth-order valence-electron chi connectivity index (χ4n) is 0.412. The summed E-state index contributed by atoms with van der Waals surface area (Å²) in [5.74, 6) is 0. The highest BCUT2D eigenvalue weighted by Gasteiger charge is 1.85. The third-order valence-electron chi connectivity index (χ3n) is 0.915. The average Bonchev–Trinajstić information content (AvgIpc) is 1.83. The Morgan fingerprint density at radius 3 is 2.75 bits per heavy atom. The number of rotatable bonds is 3. The Morgan fingerprint density at radius 1 is 1.75 bits per heavy atom. The molecule has 0 aliphatic carbocycles. The van der Waals surface area contributed by atoms with Crippen molar-refractivity contribution in [3.63, 3.8) is 0 Å². The normalized spacial score (nSPS) is 12.1. The molecule has 0 radical (unpaired) electrons. The molecule has 0 atom stereocenters. The molecule has 1 nitrogen and oxygen atoms in total. The second-order valence-electron chi connectivity index (χ2n) is 1.78. The molecule has 8 heavy (non-hydrogen) atoms. The van der Waals surface area contributed by atoms with Crippen LogP contribution in [0.1, 0.15) is 19.8 Å². The fraction of sp³-hybridized carbons (Fsp3) is 0.667. The van der Waals surface area contributed by atoms with Gasteiger partial charge in [0.05, 0.1) is 0 Å². The zero-order valence-corrected chi connectivity index (χ0v) is 7.18. The van der Waals surface area contributed by atoms with Crippen molar-refractivity contribution in [3.05, 3.63) is 9.66 Å². The molecule has 0 aromatic heterocycles. The first-order chi connectivity index (χ1) is 3.81. The summed E-state index contributed by atoms with van der Waals surface area (Å²) < 4.78 is 2.05. The van der Waals surface area contributed by atoms with Gasteiger partial charge >= 0.3 is 0 Å². The van der Waals surface area contributed by atoms with Gasteiger partial charge in [0.15, 0.2) is 0 Å². The van der Waals surface area contributed by atoms with Crippen molar-refractivity contribution in [2.45, 2.75) is 19.8 Å². The molecule has 0 saturated heterocycles. The second kappa shape index (κ2) is 5.56. The summed E-state index contributed by atoms with van der Waals surface area (Å²) in [5.41, 5.74) is 1.35. The Labute approximate surface area is 63.9 Å². The van der Waals surface area contributed by atoms with Gasteiger partial charge in [0.2, 0.25) is 0 Å². The third-order valence-corrected chi connectivity index (χ3v) is 1.98. The monoisotopic (exact) mass is 226 g/mol. The third kappa shape index (κ3) is 4.59. The van der Waals surface area contributed by atoms with Crippen LogP contribution in [0.5, 0.6) is 0 Å². The lowest BCUT2D eigenvalue weighted by atomic mass is 10.2. The Kier molecular flexibility index (Phi) is 5.86. The molecule has 0 unspecified atom stereocenters. The molecule has 0 bridgehead atoms. The lowest BCUT2D eigenvalue weighted by Crippen LogP contribution is -1.82. The summed E-state index contributed by atoms with van der Waals surface area (Å²) in [6.07, 6.45) is 1.92. The summed E-state index contributed by atoms with van der Waals surface area (Å²) >= 11 is 2.21. The zero-order chi connectivity index (χ0) is 6.41. The average molecular weight is 226 g/mol. The molecule has 0 saturated carbocycles. The van der Waals surface area contributed by atoms with Crippen LogP contribution in [-0.2, 0) is 0 Å². The quantitative estimate of drug-likeness (QED) is 0.730. The molecule has 0 aliphatic heterocycles. The first kappa shape index (κ1) is 8.43. The zero-order valence-electron chi connectivity index (χ0n) is 5.02.